The third-order valence-electron chi connectivity index (χ3n) is 7.20. The molecule has 0 saturated heterocycles. The molecular formula is C28H26N2O9. The molecule has 39 heavy (non-hydrogen) atoms. The summed E-state index contributed by atoms with van der Waals surface area (Å²) < 4.78 is 16.4. The zero-order valence-corrected chi connectivity index (χ0v) is 21.7. The molecule has 1 atom stereocenters. The van der Waals surface area contributed by atoms with Gasteiger partial charge in [-0.3, -0.25) is 19.2 Å². The van der Waals surface area contributed by atoms with E-state index < -0.39 is 34.3 Å². The molecule has 2 aliphatic heterocycles. The van der Waals surface area contributed by atoms with E-state index in [-0.39, 0.29) is 65.3 Å². The summed E-state index contributed by atoms with van der Waals surface area (Å²) in [5.74, 6) is -2.10. The van der Waals surface area contributed by atoms with Crippen molar-refractivity contribution in [3.05, 3.63) is 63.6 Å². The van der Waals surface area contributed by atoms with Crippen LogP contribution in [0.1, 0.15) is 47.8 Å². The molecular weight excluding hydrogens is 508 g/mol. The lowest BCUT2D eigenvalue weighted by atomic mass is 9.70. The Kier molecular flexibility index (Phi) is 6.09. The van der Waals surface area contributed by atoms with Crippen LogP contribution < -0.4 is 24.8 Å². The number of carbonyl (C=O) groups excluding carboxylic acids is 4. The van der Waals surface area contributed by atoms with Crippen molar-refractivity contribution >= 4 is 23.3 Å². The second-order valence-electron chi connectivity index (χ2n) is 9.70. The Balaban J connectivity index is 1.37. The zero-order valence-electron chi connectivity index (χ0n) is 21.7. The molecule has 1 amide bonds. The van der Waals surface area contributed by atoms with Gasteiger partial charge >= 0.3 is 0 Å². The molecule has 0 radical (unpaired) electrons. The quantitative estimate of drug-likeness (QED) is 0.246. The van der Waals surface area contributed by atoms with Gasteiger partial charge in [-0.05, 0) is 45.4 Å². The van der Waals surface area contributed by atoms with E-state index in [9.17, 15) is 29.4 Å². The molecule has 0 bridgehead atoms. The first-order valence-corrected chi connectivity index (χ1v) is 12.1. The molecule has 2 heterocycles. The van der Waals surface area contributed by atoms with Gasteiger partial charge in [0, 0.05) is 23.9 Å². The maximum atomic E-state index is 13.8. The summed E-state index contributed by atoms with van der Waals surface area (Å²) in [6.45, 7) is 5.77. The number of fused-ring (bicyclic) bond motifs is 4. The largest absolute Gasteiger partial charge is 0.507 e. The van der Waals surface area contributed by atoms with Gasteiger partial charge in [0.1, 0.15) is 34.0 Å². The summed E-state index contributed by atoms with van der Waals surface area (Å²) >= 11 is 0. The highest BCUT2D eigenvalue weighted by atomic mass is 16.7. The predicted molar refractivity (Wildman–Crippen MR) is 136 cm³/mol. The van der Waals surface area contributed by atoms with Gasteiger partial charge in [-0.25, -0.2) is 0 Å². The van der Waals surface area contributed by atoms with Crippen LogP contribution in [0.4, 0.5) is 0 Å². The van der Waals surface area contributed by atoms with Crippen molar-refractivity contribution in [3.8, 4) is 28.7 Å². The number of benzene rings is 2. The Morgan fingerprint density at radius 3 is 2.49 bits per heavy atom. The number of hydrogen-bond acceptors (Lipinski definition) is 10. The average Bonchev–Trinajstić information content (AvgIpc) is 3.47. The molecule has 0 fully saturated rings. The monoisotopic (exact) mass is 534 g/mol. The van der Waals surface area contributed by atoms with Gasteiger partial charge in [-0.1, -0.05) is 6.07 Å². The average molecular weight is 535 g/mol. The molecule has 1 aliphatic carbocycles. The number of ketones is 3. The van der Waals surface area contributed by atoms with E-state index in [4.69, 9.17) is 14.2 Å². The molecule has 2 aromatic carbocycles. The Labute approximate surface area is 223 Å². The number of amides is 1. The summed E-state index contributed by atoms with van der Waals surface area (Å²) in [5, 5.41) is 26.9. The number of ether oxygens (including phenoxy) is 3. The van der Waals surface area contributed by atoms with Crippen molar-refractivity contribution < 1.29 is 43.6 Å². The minimum atomic E-state index is -1.63. The van der Waals surface area contributed by atoms with E-state index in [0.29, 0.717) is 11.5 Å². The molecule has 2 aromatic rings. The first-order chi connectivity index (χ1) is 18.4. The van der Waals surface area contributed by atoms with E-state index in [0.717, 1.165) is 11.6 Å². The number of phenolic OH excluding ortho intramolecular Hbond substituents is 2. The standard InChI is InChI=1S/C28H26N2O9/c1-12-24(34)22(14(3)31)26-23(25(12)35)28(4)19(39-26)8-16(32)21(27(28)36)13(2)29-10-20(33)30-9-15-5-6-17-18(7-15)38-11-37-17/h5-8,29,34-35H,9-11H2,1-4H3,(H,30,33)/b21-13+/t28-/m1/s1. The fourth-order valence-corrected chi connectivity index (χ4v) is 4.98. The van der Waals surface area contributed by atoms with Gasteiger partial charge in [0.2, 0.25) is 12.7 Å². The molecule has 11 nitrogen and oxygen atoms in total. The Morgan fingerprint density at radius 1 is 1.05 bits per heavy atom. The van der Waals surface area contributed by atoms with Gasteiger partial charge in [0.15, 0.2) is 28.8 Å². The number of aromatic hydroxyl groups is 2. The van der Waals surface area contributed by atoms with Crippen molar-refractivity contribution in [1.82, 2.24) is 10.6 Å². The molecule has 3 aliphatic rings. The predicted octanol–water partition coefficient (Wildman–Crippen LogP) is 2.20. The molecule has 0 aromatic heterocycles. The van der Waals surface area contributed by atoms with Gasteiger partial charge in [-0.2, -0.15) is 0 Å². The van der Waals surface area contributed by atoms with Crippen molar-refractivity contribution in [2.45, 2.75) is 39.7 Å². The van der Waals surface area contributed by atoms with E-state index in [2.05, 4.69) is 10.6 Å². The SMILES string of the molecule is CC(=O)c1c(O)c(C)c(O)c2c1OC1=CC(=O)/C(=C(/C)NCC(=O)NCc3ccc4c(c3)OCO4)C(=O)[C@]12C. The third kappa shape index (κ3) is 3.97. The van der Waals surface area contributed by atoms with Crippen LogP contribution in [-0.2, 0) is 26.3 Å². The van der Waals surface area contributed by atoms with Crippen molar-refractivity contribution in [1.29, 1.82) is 0 Å². The van der Waals surface area contributed by atoms with Gasteiger partial charge in [0.25, 0.3) is 0 Å². The van der Waals surface area contributed by atoms with Crippen molar-refractivity contribution in [2.24, 2.45) is 0 Å². The minimum absolute atomic E-state index is 0.00137. The molecule has 11 heteroatoms. The molecule has 202 valence electrons. The Bertz CT molecular complexity index is 1550. The molecule has 0 unspecified atom stereocenters. The van der Waals surface area contributed by atoms with E-state index in [1.165, 1.54) is 27.7 Å². The number of nitrogens with one attached hydrogen (secondary N) is 2. The van der Waals surface area contributed by atoms with E-state index in [1.807, 2.05) is 0 Å². The summed E-state index contributed by atoms with van der Waals surface area (Å²) in [6.07, 6.45) is 1.12. The van der Waals surface area contributed by atoms with Crippen LogP contribution in [0.2, 0.25) is 0 Å². The van der Waals surface area contributed by atoms with Gasteiger partial charge in [-0.15, -0.1) is 0 Å². The van der Waals surface area contributed by atoms with Crippen LogP contribution in [0.3, 0.4) is 0 Å². The highest BCUT2D eigenvalue weighted by Gasteiger charge is 2.56. The van der Waals surface area contributed by atoms with E-state index in [1.54, 1.807) is 18.2 Å². The summed E-state index contributed by atoms with van der Waals surface area (Å²) in [5.41, 5.74) is -1.05. The number of Topliss-reactive ketones (excluding diaryl/α,β-unsaturated/α-hetero) is 2. The number of rotatable bonds is 6. The maximum absolute atomic E-state index is 13.8. The van der Waals surface area contributed by atoms with E-state index >= 15 is 0 Å². The van der Waals surface area contributed by atoms with Crippen LogP contribution in [0.25, 0.3) is 0 Å². The summed E-state index contributed by atoms with van der Waals surface area (Å²) in [4.78, 5) is 51.6. The number of carbonyl (C=O) groups is 4. The topological polar surface area (TPSA) is 160 Å². The number of hydrogen-bond donors (Lipinski definition) is 4. The Morgan fingerprint density at radius 2 is 1.77 bits per heavy atom. The lowest BCUT2D eigenvalue weighted by Crippen LogP contribution is -2.42. The fourth-order valence-electron chi connectivity index (χ4n) is 4.98. The molecule has 4 N–H and O–H groups in total. The van der Waals surface area contributed by atoms with Crippen LogP contribution >= 0.6 is 0 Å². The van der Waals surface area contributed by atoms with Crippen LogP contribution in [0.5, 0.6) is 28.7 Å². The first kappa shape index (κ1) is 25.8. The normalized spacial score (nSPS) is 20.1. The lowest BCUT2D eigenvalue weighted by molar-refractivity contribution is -0.124. The smallest absolute Gasteiger partial charge is 0.239 e. The van der Waals surface area contributed by atoms with Crippen LogP contribution in [-0.4, -0.2) is 46.8 Å². The number of phenols is 2. The third-order valence-corrected chi connectivity index (χ3v) is 7.20. The summed E-state index contributed by atoms with van der Waals surface area (Å²) in [7, 11) is 0. The second-order valence-corrected chi connectivity index (χ2v) is 9.70. The van der Waals surface area contributed by atoms with Crippen molar-refractivity contribution in [3.63, 3.8) is 0 Å². The van der Waals surface area contributed by atoms with Crippen LogP contribution in [0, 0.1) is 6.92 Å². The minimum Gasteiger partial charge on any atom is -0.507 e. The second kappa shape index (κ2) is 9.19. The summed E-state index contributed by atoms with van der Waals surface area (Å²) in [6, 6.07) is 5.32. The molecule has 0 saturated carbocycles. The molecule has 0 spiro atoms. The van der Waals surface area contributed by atoms with Crippen LogP contribution in [0.15, 0.2) is 41.3 Å². The first-order valence-electron chi connectivity index (χ1n) is 12.1. The Hall–Kier alpha value is -4.80. The maximum Gasteiger partial charge on any atom is 0.239 e. The highest BCUT2D eigenvalue weighted by Crippen LogP contribution is 2.57. The zero-order chi connectivity index (χ0) is 28.2. The van der Waals surface area contributed by atoms with Crippen molar-refractivity contribution in [2.75, 3.05) is 13.3 Å². The highest BCUT2D eigenvalue weighted by molar-refractivity contribution is 6.31. The lowest BCUT2D eigenvalue weighted by Gasteiger charge is -2.29. The fraction of sp³-hybridized carbons (Fsp3) is 0.286. The number of allylic oxidation sites excluding steroid dienone is 4. The molecule has 5 rings (SSSR count). The van der Waals surface area contributed by atoms with Gasteiger partial charge < -0.3 is 35.1 Å². The van der Waals surface area contributed by atoms with Gasteiger partial charge in [0.05, 0.1) is 17.7 Å².